The Bertz CT molecular complexity index is 1120. The summed E-state index contributed by atoms with van der Waals surface area (Å²) in [5.74, 6) is 0. The fraction of sp³-hybridized carbons (Fsp3) is 0.375. The van der Waals surface area contributed by atoms with E-state index in [0.29, 0.717) is 0 Å². The zero-order chi connectivity index (χ0) is 24.2. The van der Waals surface area contributed by atoms with Crippen LogP contribution in [0.15, 0.2) is 60.7 Å². The molecule has 4 rings (SSSR count). The monoisotopic (exact) mass is 492 g/mol. The van der Waals surface area contributed by atoms with Crippen molar-refractivity contribution in [2.45, 2.75) is 78.6 Å². The van der Waals surface area contributed by atoms with Crippen molar-refractivity contribution >= 4 is 40.7 Å². The van der Waals surface area contributed by atoms with E-state index >= 15 is 0 Å². The second-order valence-electron chi connectivity index (χ2n) is 12.8. The molecule has 0 aliphatic carbocycles. The number of rotatable bonds is 1. The Morgan fingerprint density at radius 2 is 0.909 bits per heavy atom. The number of fused-ring (bicyclic) bond motifs is 2. The maximum absolute atomic E-state index is 2.55. The molecule has 3 aromatic rings. The molecule has 0 atom stereocenters. The molecular formula is C32H39Ga. The molecule has 0 aromatic heterocycles. The van der Waals surface area contributed by atoms with Gasteiger partial charge >= 0.3 is 208 Å². The van der Waals surface area contributed by atoms with Crippen LogP contribution in [0.1, 0.15) is 90.1 Å². The molecule has 0 N–H and O–H groups in total. The average Bonchev–Trinajstić information content (AvgIpc) is 2.87. The second-order valence-corrected chi connectivity index (χ2v) is 18.4. The summed E-state index contributed by atoms with van der Waals surface area (Å²) in [7, 11) is 0. The SMILES string of the molecule is CC(C)(C)c1cc(C(C)(C)C)[c]([Ga]2[c]3ccccc3C=Cc3cccc[c]32)c(C(C)(C)C)c1. The minimum absolute atomic E-state index is 0.0749. The number of hydrogen-bond donors (Lipinski definition) is 0. The van der Waals surface area contributed by atoms with Crippen molar-refractivity contribution in [2.75, 3.05) is 0 Å². The average molecular weight is 493 g/mol. The van der Waals surface area contributed by atoms with E-state index in [0.717, 1.165) is 0 Å². The Morgan fingerprint density at radius 3 is 1.27 bits per heavy atom. The van der Waals surface area contributed by atoms with Crippen LogP contribution in [0.25, 0.3) is 12.2 Å². The molecule has 1 heterocycles. The van der Waals surface area contributed by atoms with Gasteiger partial charge in [0.05, 0.1) is 0 Å². The number of hydrogen-bond acceptors (Lipinski definition) is 0. The normalized spacial score (nSPS) is 14.0. The summed E-state index contributed by atoms with van der Waals surface area (Å²) < 4.78 is 4.86. The Hall–Kier alpha value is -1.96. The van der Waals surface area contributed by atoms with Gasteiger partial charge in [-0.1, -0.05) is 0 Å². The van der Waals surface area contributed by atoms with Crippen LogP contribution in [0.2, 0.25) is 0 Å². The number of benzene rings is 3. The summed E-state index contributed by atoms with van der Waals surface area (Å²) in [4.78, 5) is 0. The summed E-state index contributed by atoms with van der Waals surface area (Å²) in [6, 6.07) is 23.4. The third-order valence-electron chi connectivity index (χ3n) is 7.01. The first-order valence-electron chi connectivity index (χ1n) is 12.3. The van der Waals surface area contributed by atoms with Crippen LogP contribution in [0.3, 0.4) is 0 Å². The predicted molar refractivity (Wildman–Crippen MR) is 149 cm³/mol. The van der Waals surface area contributed by atoms with Crippen molar-refractivity contribution in [3.8, 4) is 0 Å². The molecule has 1 heteroatoms. The van der Waals surface area contributed by atoms with Gasteiger partial charge in [-0.3, -0.25) is 0 Å². The first-order valence-corrected chi connectivity index (χ1v) is 16.0. The molecule has 33 heavy (non-hydrogen) atoms. The van der Waals surface area contributed by atoms with E-state index in [4.69, 9.17) is 0 Å². The standard InChI is InChI=1S/C18H29.C14H10.Ga/c1-16(2,3)13-10-14(17(4,5)6)12-15(11-13)18(7,8)9;1-3-7-13(8-4-1)11-12-14-9-5-2-6-10-14;/h10-11H,1-9H3;1-7,9,11-12H;. The molecule has 0 spiro atoms. The van der Waals surface area contributed by atoms with Crippen LogP contribution in [-0.2, 0) is 16.2 Å². The zero-order valence-electron chi connectivity index (χ0n) is 22.0. The summed E-state index contributed by atoms with van der Waals surface area (Å²) in [6.07, 6.45) is 4.69. The molecule has 0 bridgehead atoms. The zero-order valence-corrected chi connectivity index (χ0v) is 24.4. The van der Waals surface area contributed by atoms with Gasteiger partial charge in [0.1, 0.15) is 0 Å². The molecule has 0 amide bonds. The van der Waals surface area contributed by atoms with E-state index in [1.807, 2.05) is 0 Å². The first-order chi connectivity index (χ1) is 15.3. The van der Waals surface area contributed by atoms with Crippen molar-refractivity contribution in [3.63, 3.8) is 0 Å². The molecule has 0 nitrogen and oxygen atoms in total. The van der Waals surface area contributed by atoms with Crippen LogP contribution >= 0.6 is 0 Å². The molecule has 1 aliphatic rings. The van der Waals surface area contributed by atoms with E-state index in [1.54, 1.807) is 23.5 Å². The van der Waals surface area contributed by atoms with Crippen LogP contribution in [0.5, 0.6) is 0 Å². The topological polar surface area (TPSA) is 0 Å². The Kier molecular flexibility index (Phi) is 6.12. The molecule has 0 radical (unpaired) electrons. The van der Waals surface area contributed by atoms with Gasteiger partial charge in [0.2, 0.25) is 0 Å². The van der Waals surface area contributed by atoms with Crippen molar-refractivity contribution in [1.29, 1.82) is 0 Å². The van der Waals surface area contributed by atoms with Gasteiger partial charge in [-0.15, -0.1) is 0 Å². The van der Waals surface area contributed by atoms with E-state index in [1.165, 1.54) is 16.7 Å². The third-order valence-corrected chi connectivity index (χ3v) is 14.3. The summed E-state index contributed by atoms with van der Waals surface area (Å²) in [5.41, 5.74) is 7.63. The van der Waals surface area contributed by atoms with Crippen molar-refractivity contribution in [2.24, 2.45) is 0 Å². The molecule has 3 aromatic carbocycles. The maximum atomic E-state index is 2.55. The third kappa shape index (κ3) is 4.68. The van der Waals surface area contributed by atoms with Gasteiger partial charge in [0.25, 0.3) is 0 Å². The van der Waals surface area contributed by atoms with Crippen LogP contribution in [-0.4, -0.2) is 16.2 Å². The first kappa shape index (κ1) is 24.2. The predicted octanol–water partition coefficient (Wildman–Crippen LogP) is 6.58. The van der Waals surface area contributed by atoms with Crippen LogP contribution in [0, 0.1) is 0 Å². The summed E-state index contributed by atoms with van der Waals surface area (Å²) in [6.45, 7) is 21.5. The van der Waals surface area contributed by atoms with Crippen LogP contribution in [0.4, 0.5) is 0 Å². The molecule has 0 fully saturated rings. The summed E-state index contributed by atoms with van der Waals surface area (Å²) in [5, 5.41) is 0. The molecule has 0 unspecified atom stereocenters. The fourth-order valence-electron chi connectivity index (χ4n) is 5.15. The van der Waals surface area contributed by atoms with Gasteiger partial charge in [0, 0.05) is 0 Å². The van der Waals surface area contributed by atoms with Crippen molar-refractivity contribution in [3.05, 3.63) is 88.5 Å². The van der Waals surface area contributed by atoms with Gasteiger partial charge < -0.3 is 0 Å². The van der Waals surface area contributed by atoms with Gasteiger partial charge in [-0.2, -0.15) is 0 Å². The van der Waals surface area contributed by atoms with Gasteiger partial charge in [0.15, 0.2) is 0 Å². The van der Waals surface area contributed by atoms with E-state index in [9.17, 15) is 0 Å². The molecule has 0 saturated carbocycles. The Labute approximate surface area is 207 Å². The molecule has 0 saturated heterocycles. The van der Waals surface area contributed by atoms with E-state index in [2.05, 4.69) is 135 Å². The molecular weight excluding hydrogens is 454 g/mol. The second kappa shape index (κ2) is 8.36. The van der Waals surface area contributed by atoms with Crippen LogP contribution < -0.4 is 12.4 Å². The van der Waals surface area contributed by atoms with E-state index < -0.39 is 16.2 Å². The fourth-order valence-corrected chi connectivity index (χ4v) is 14.1. The quantitative estimate of drug-likeness (QED) is 0.263. The molecule has 1 aliphatic heterocycles. The Morgan fingerprint density at radius 1 is 0.515 bits per heavy atom. The Balaban J connectivity index is 2.19. The van der Waals surface area contributed by atoms with Gasteiger partial charge in [-0.25, -0.2) is 0 Å². The summed E-state index contributed by atoms with van der Waals surface area (Å²) >= 11 is -2.42. The van der Waals surface area contributed by atoms with Crippen molar-refractivity contribution < 1.29 is 0 Å². The van der Waals surface area contributed by atoms with E-state index in [-0.39, 0.29) is 16.2 Å². The molecule has 170 valence electrons. The van der Waals surface area contributed by atoms with Gasteiger partial charge in [-0.05, 0) is 0 Å². The van der Waals surface area contributed by atoms with Crippen molar-refractivity contribution in [1.82, 2.24) is 0 Å². The minimum atomic E-state index is -2.42.